The summed E-state index contributed by atoms with van der Waals surface area (Å²) in [4.78, 5) is 7.04. The summed E-state index contributed by atoms with van der Waals surface area (Å²) in [5.74, 6) is 1.65. The molecule has 5 nitrogen and oxygen atoms in total. The van der Waals surface area contributed by atoms with Crippen LogP contribution in [0.25, 0.3) is 0 Å². The van der Waals surface area contributed by atoms with Gasteiger partial charge in [-0.05, 0) is 51.3 Å². The number of rotatable bonds is 6. The molecule has 1 N–H and O–H groups in total. The molecule has 5 heteroatoms. The first-order valence-corrected chi connectivity index (χ1v) is 10.7. The average Bonchev–Trinajstić information content (AvgIpc) is 3.40. The quantitative estimate of drug-likeness (QED) is 0.753. The number of nitrogens with zero attached hydrogens (tertiary/aromatic N) is 3. The van der Waals surface area contributed by atoms with Crippen LogP contribution in [0.3, 0.4) is 0 Å². The van der Waals surface area contributed by atoms with Crippen molar-refractivity contribution in [1.82, 2.24) is 9.88 Å². The molecule has 2 fully saturated rings. The van der Waals surface area contributed by atoms with E-state index in [0.717, 1.165) is 38.4 Å². The Hall–Kier alpha value is -2.32. The topological polar surface area (TPSA) is 65.1 Å². The van der Waals surface area contributed by atoms with E-state index in [1.807, 2.05) is 0 Å². The minimum Gasteiger partial charge on any atom is -0.424 e. The minimum atomic E-state index is 0.276. The Morgan fingerprint density at radius 3 is 2.54 bits per heavy atom. The number of likely N-dealkylation sites (tertiary alicyclic amines) is 1. The molecule has 1 aliphatic heterocycles. The SMILES string of the molecule is Cc1ccc(C(CNc2oc(C3CCCCC3)nc2C#N)N2CCCC2)cc1. The molecule has 1 aromatic heterocycles. The van der Waals surface area contributed by atoms with Crippen LogP contribution >= 0.6 is 0 Å². The monoisotopic (exact) mass is 378 g/mol. The summed E-state index contributed by atoms with van der Waals surface area (Å²) in [5, 5.41) is 13.0. The van der Waals surface area contributed by atoms with Crippen molar-refractivity contribution in [3.63, 3.8) is 0 Å². The van der Waals surface area contributed by atoms with Gasteiger partial charge in [-0.15, -0.1) is 0 Å². The number of hydrogen-bond donors (Lipinski definition) is 1. The number of aromatic nitrogens is 1. The lowest BCUT2D eigenvalue weighted by atomic mass is 9.89. The highest BCUT2D eigenvalue weighted by molar-refractivity contribution is 5.46. The van der Waals surface area contributed by atoms with Crippen molar-refractivity contribution < 1.29 is 4.42 Å². The number of nitrogens with one attached hydrogen (secondary N) is 1. The molecular formula is C23H30N4O. The molecule has 0 amide bonds. The minimum absolute atomic E-state index is 0.276. The van der Waals surface area contributed by atoms with Crippen molar-refractivity contribution >= 4 is 5.88 Å². The van der Waals surface area contributed by atoms with E-state index in [2.05, 4.69) is 52.5 Å². The predicted molar refractivity (Wildman–Crippen MR) is 110 cm³/mol. The van der Waals surface area contributed by atoms with Gasteiger partial charge in [0, 0.05) is 12.5 Å². The van der Waals surface area contributed by atoms with Crippen LogP contribution in [0.4, 0.5) is 5.88 Å². The van der Waals surface area contributed by atoms with Gasteiger partial charge in [-0.1, -0.05) is 49.1 Å². The van der Waals surface area contributed by atoms with Crippen LogP contribution in [0.5, 0.6) is 0 Å². The first-order chi connectivity index (χ1) is 13.7. The molecule has 0 radical (unpaired) electrons. The van der Waals surface area contributed by atoms with Gasteiger partial charge in [0.1, 0.15) is 6.07 Å². The molecule has 1 unspecified atom stereocenters. The predicted octanol–water partition coefficient (Wildman–Crippen LogP) is 5.15. The van der Waals surface area contributed by atoms with Crippen molar-refractivity contribution in [2.24, 2.45) is 0 Å². The summed E-state index contributed by atoms with van der Waals surface area (Å²) in [5.41, 5.74) is 2.98. The maximum Gasteiger partial charge on any atom is 0.232 e. The highest BCUT2D eigenvalue weighted by Crippen LogP contribution is 2.34. The van der Waals surface area contributed by atoms with E-state index >= 15 is 0 Å². The van der Waals surface area contributed by atoms with Crippen LogP contribution in [0.1, 0.15) is 79.6 Å². The molecule has 1 saturated carbocycles. The molecule has 2 aromatic rings. The average molecular weight is 379 g/mol. The maximum absolute atomic E-state index is 9.53. The van der Waals surface area contributed by atoms with E-state index in [0.29, 0.717) is 17.5 Å². The van der Waals surface area contributed by atoms with E-state index in [-0.39, 0.29) is 6.04 Å². The Balaban J connectivity index is 1.51. The molecule has 1 aliphatic carbocycles. The smallest absolute Gasteiger partial charge is 0.232 e. The van der Waals surface area contributed by atoms with Gasteiger partial charge in [-0.2, -0.15) is 5.26 Å². The molecule has 0 bridgehead atoms. The summed E-state index contributed by atoms with van der Waals surface area (Å²) in [7, 11) is 0. The van der Waals surface area contributed by atoms with E-state index in [9.17, 15) is 5.26 Å². The molecule has 148 valence electrons. The van der Waals surface area contributed by atoms with Gasteiger partial charge in [0.2, 0.25) is 17.5 Å². The van der Waals surface area contributed by atoms with Gasteiger partial charge in [0.05, 0.1) is 6.04 Å². The molecule has 1 atom stereocenters. The highest BCUT2D eigenvalue weighted by atomic mass is 16.4. The number of aryl methyl sites for hydroxylation is 1. The molecule has 0 spiro atoms. The van der Waals surface area contributed by atoms with Crippen molar-refractivity contribution in [1.29, 1.82) is 5.26 Å². The zero-order chi connectivity index (χ0) is 19.3. The molecule has 2 aliphatic rings. The second kappa shape index (κ2) is 8.79. The largest absolute Gasteiger partial charge is 0.424 e. The second-order valence-corrected chi connectivity index (χ2v) is 8.23. The molecular weight excluding hydrogens is 348 g/mol. The fourth-order valence-electron chi connectivity index (χ4n) is 4.55. The third-order valence-corrected chi connectivity index (χ3v) is 6.20. The Labute approximate surface area is 167 Å². The Kier molecular flexibility index (Phi) is 5.97. The molecule has 28 heavy (non-hydrogen) atoms. The van der Waals surface area contributed by atoms with Crippen LogP contribution in [0, 0.1) is 18.3 Å². The standard InChI is InChI=1S/C23H30N4O/c1-17-9-11-18(12-10-17)21(27-13-5-6-14-27)16-25-23-20(15-24)26-22(28-23)19-7-3-2-4-8-19/h9-12,19,21,25H,2-8,13-14,16H2,1H3. The van der Waals surface area contributed by atoms with E-state index in [1.54, 1.807) is 0 Å². The Morgan fingerprint density at radius 2 is 1.86 bits per heavy atom. The zero-order valence-corrected chi connectivity index (χ0v) is 16.8. The van der Waals surface area contributed by atoms with Gasteiger partial charge < -0.3 is 9.73 Å². The fraction of sp³-hybridized carbons (Fsp3) is 0.565. The summed E-state index contributed by atoms with van der Waals surface area (Å²) in [6, 6.07) is 11.3. The van der Waals surface area contributed by atoms with Gasteiger partial charge in [-0.3, -0.25) is 4.90 Å². The summed E-state index contributed by atoms with van der Waals surface area (Å²) in [6.45, 7) is 5.08. The van der Waals surface area contributed by atoms with Crippen molar-refractivity contribution in [2.45, 2.75) is 63.8 Å². The zero-order valence-electron chi connectivity index (χ0n) is 16.8. The van der Waals surface area contributed by atoms with Crippen LogP contribution in [-0.2, 0) is 0 Å². The lowest BCUT2D eigenvalue weighted by Crippen LogP contribution is -2.31. The van der Waals surface area contributed by atoms with Crippen LogP contribution < -0.4 is 5.32 Å². The number of nitriles is 1. The van der Waals surface area contributed by atoms with Crippen molar-refractivity contribution in [3.05, 3.63) is 47.0 Å². The van der Waals surface area contributed by atoms with Crippen molar-refractivity contribution in [2.75, 3.05) is 25.0 Å². The maximum atomic E-state index is 9.53. The van der Waals surface area contributed by atoms with E-state index in [4.69, 9.17) is 4.42 Å². The van der Waals surface area contributed by atoms with Crippen LogP contribution in [0.15, 0.2) is 28.7 Å². The van der Waals surface area contributed by atoms with E-state index < -0.39 is 0 Å². The first kappa shape index (κ1) is 19.0. The number of benzene rings is 1. The normalized spacial score (nSPS) is 19.4. The van der Waals surface area contributed by atoms with Gasteiger partial charge in [-0.25, -0.2) is 4.98 Å². The third kappa shape index (κ3) is 4.23. The summed E-state index contributed by atoms with van der Waals surface area (Å²) in [6.07, 6.45) is 8.47. The lowest BCUT2D eigenvalue weighted by Gasteiger charge is -2.28. The third-order valence-electron chi connectivity index (χ3n) is 6.20. The van der Waals surface area contributed by atoms with Gasteiger partial charge in [0.25, 0.3) is 0 Å². The molecule has 2 heterocycles. The Morgan fingerprint density at radius 1 is 1.14 bits per heavy atom. The second-order valence-electron chi connectivity index (χ2n) is 8.23. The highest BCUT2D eigenvalue weighted by Gasteiger charge is 2.26. The van der Waals surface area contributed by atoms with Gasteiger partial charge in [0.15, 0.2) is 0 Å². The van der Waals surface area contributed by atoms with E-state index in [1.165, 1.54) is 43.2 Å². The number of oxazole rings is 1. The molecule has 1 saturated heterocycles. The fourth-order valence-corrected chi connectivity index (χ4v) is 4.55. The summed E-state index contributed by atoms with van der Waals surface area (Å²) >= 11 is 0. The number of hydrogen-bond acceptors (Lipinski definition) is 5. The van der Waals surface area contributed by atoms with Gasteiger partial charge >= 0.3 is 0 Å². The van der Waals surface area contributed by atoms with Crippen LogP contribution in [-0.4, -0.2) is 29.5 Å². The molecule has 1 aromatic carbocycles. The molecule has 4 rings (SSSR count). The number of anilines is 1. The van der Waals surface area contributed by atoms with Crippen molar-refractivity contribution in [3.8, 4) is 6.07 Å². The van der Waals surface area contributed by atoms with Crippen LogP contribution in [0.2, 0.25) is 0 Å². The first-order valence-electron chi connectivity index (χ1n) is 10.7. The lowest BCUT2D eigenvalue weighted by molar-refractivity contribution is 0.255. The summed E-state index contributed by atoms with van der Waals surface area (Å²) < 4.78 is 6.05. The Bertz CT molecular complexity index is 808.